The van der Waals surface area contributed by atoms with Crippen LogP contribution in [0.4, 0.5) is 0 Å². The van der Waals surface area contributed by atoms with Gasteiger partial charge in [0, 0.05) is 6.07 Å². The van der Waals surface area contributed by atoms with Gasteiger partial charge in [0.25, 0.3) is 0 Å². The van der Waals surface area contributed by atoms with E-state index in [1.165, 1.54) is 0 Å². The van der Waals surface area contributed by atoms with Gasteiger partial charge in [0.05, 0.1) is 19.3 Å². The second kappa shape index (κ2) is 5.90. The highest BCUT2D eigenvalue weighted by molar-refractivity contribution is 5.96. The number of carbonyl (C=O) groups excluding carboxylic acids is 2. The highest BCUT2D eigenvalue weighted by atomic mass is 16.5. The molecule has 108 valence electrons. The summed E-state index contributed by atoms with van der Waals surface area (Å²) in [5.74, 6) is 0.307. The summed E-state index contributed by atoms with van der Waals surface area (Å²) < 4.78 is 5.07. The van der Waals surface area contributed by atoms with Crippen LogP contribution in [0.1, 0.15) is 26.0 Å². The molecule has 1 aliphatic heterocycles. The van der Waals surface area contributed by atoms with Gasteiger partial charge in [-0.15, -0.1) is 0 Å². The van der Waals surface area contributed by atoms with Crippen molar-refractivity contribution in [1.29, 1.82) is 0 Å². The molecule has 0 aliphatic carbocycles. The zero-order chi connectivity index (χ0) is 14.7. The van der Waals surface area contributed by atoms with Crippen molar-refractivity contribution in [2.75, 3.05) is 7.11 Å². The van der Waals surface area contributed by atoms with Gasteiger partial charge in [0.2, 0.25) is 17.7 Å². The molecule has 20 heavy (non-hydrogen) atoms. The van der Waals surface area contributed by atoms with Gasteiger partial charge in [-0.2, -0.15) is 0 Å². The van der Waals surface area contributed by atoms with Crippen molar-refractivity contribution in [2.45, 2.75) is 38.9 Å². The van der Waals surface area contributed by atoms with Gasteiger partial charge in [-0.25, -0.2) is 4.98 Å². The first kappa shape index (κ1) is 14.3. The highest BCUT2D eigenvalue weighted by Crippen LogP contribution is 2.17. The Morgan fingerprint density at radius 3 is 2.80 bits per heavy atom. The number of methoxy groups -OCH3 is 1. The van der Waals surface area contributed by atoms with E-state index in [-0.39, 0.29) is 11.8 Å². The second-order valence-electron chi connectivity index (χ2n) is 4.79. The molecular weight excluding hydrogens is 258 g/mol. The largest absolute Gasteiger partial charge is 0.481 e. The molecule has 1 aromatic rings. The number of hydrogen-bond donors (Lipinski definition) is 1. The fourth-order valence-corrected chi connectivity index (χ4v) is 2.34. The number of carbonyl (C=O) groups is 2. The molecular formula is C14H19N3O3. The summed E-state index contributed by atoms with van der Waals surface area (Å²) in [5, 5.41) is 2.69. The molecule has 0 spiro atoms. The molecule has 0 saturated carbocycles. The van der Waals surface area contributed by atoms with Crippen LogP contribution >= 0.6 is 0 Å². The molecule has 2 rings (SSSR count). The zero-order valence-electron chi connectivity index (χ0n) is 11.9. The Labute approximate surface area is 118 Å². The summed E-state index contributed by atoms with van der Waals surface area (Å²) in [6.07, 6.45) is 0.578. The van der Waals surface area contributed by atoms with Crippen LogP contribution in [-0.4, -0.2) is 40.9 Å². The van der Waals surface area contributed by atoms with E-state index in [9.17, 15) is 9.59 Å². The van der Waals surface area contributed by atoms with Gasteiger partial charge in [0.15, 0.2) is 0 Å². The van der Waals surface area contributed by atoms with Crippen molar-refractivity contribution < 1.29 is 14.3 Å². The molecule has 1 saturated heterocycles. The SMILES string of the molecule is CCC1C(=O)NC(C)C(=O)N1Cc1cccc(OC)n1. The Bertz CT molecular complexity index is 518. The lowest BCUT2D eigenvalue weighted by Gasteiger charge is -2.37. The number of nitrogens with zero attached hydrogens (tertiary/aromatic N) is 2. The van der Waals surface area contributed by atoms with Crippen LogP contribution in [0.15, 0.2) is 18.2 Å². The summed E-state index contributed by atoms with van der Waals surface area (Å²) in [7, 11) is 1.54. The maximum atomic E-state index is 12.3. The summed E-state index contributed by atoms with van der Waals surface area (Å²) in [6, 6.07) is 4.45. The Hall–Kier alpha value is -2.11. The molecule has 2 atom stereocenters. The van der Waals surface area contributed by atoms with Crippen LogP contribution in [0.2, 0.25) is 0 Å². The first-order valence-corrected chi connectivity index (χ1v) is 6.67. The average Bonchev–Trinajstić information content (AvgIpc) is 2.45. The van der Waals surface area contributed by atoms with Crippen LogP contribution in [-0.2, 0) is 16.1 Å². The van der Waals surface area contributed by atoms with Crippen LogP contribution in [0.25, 0.3) is 0 Å². The molecule has 2 heterocycles. The topological polar surface area (TPSA) is 71.5 Å². The molecule has 6 heteroatoms. The van der Waals surface area contributed by atoms with E-state index >= 15 is 0 Å². The molecule has 0 radical (unpaired) electrons. The normalized spacial score (nSPS) is 22.6. The van der Waals surface area contributed by atoms with Gasteiger partial charge in [-0.05, 0) is 19.4 Å². The van der Waals surface area contributed by atoms with Crippen molar-refractivity contribution in [3.05, 3.63) is 23.9 Å². The second-order valence-corrected chi connectivity index (χ2v) is 4.79. The number of amides is 2. The first-order valence-electron chi connectivity index (χ1n) is 6.67. The van der Waals surface area contributed by atoms with Crippen molar-refractivity contribution in [2.24, 2.45) is 0 Å². The fraction of sp³-hybridized carbons (Fsp3) is 0.500. The standard InChI is InChI=1S/C14H19N3O3/c1-4-11-13(18)15-9(2)14(19)17(11)8-10-6-5-7-12(16-10)20-3/h5-7,9,11H,4,8H2,1-3H3,(H,15,18). The summed E-state index contributed by atoms with van der Waals surface area (Å²) in [4.78, 5) is 30.1. The molecule has 0 aromatic carbocycles. The van der Waals surface area contributed by atoms with Crippen molar-refractivity contribution in [3.63, 3.8) is 0 Å². The summed E-state index contributed by atoms with van der Waals surface area (Å²) in [6.45, 7) is 3.89. The van der Waals surface area contributed by atoms with E-state index in [1.54, 1.807) is 25.0 Å². The molecule has 2 unspecified atom stereocenters. The van der Waals surface area contributed by atoms with Crippen LogP contribution in [0.5, 0.6) is 5.88 Å². The Kier molecular flexibility index (Phi) is 4.22. The predicted molar refractivity (Wildman–Crippen MR) is 73.0 cm³/mol. The van der Waals surface area contributed by atoms with E-state index in [0.717, 1.165) is 0 Å². The maximum absolute atomic E-state index is 12.3. The van der Waals surface area contributed by atoms with Gasteiger partial charge in [-0.1, -0.05) is 13.0 Å². The summed E-state index contributed by atoms with van der Waals surface area (Å²) >= 11 is 0. The minimum Gasteiger partial charge on any atom is -0.481 e. The van der Waals surface area contributed by atoms with E-state index < -0.39 is 12.1 Å². The minimum absolute atomic E-state index is 0.0823. The van der Waals surface area contributed by atoms with E-state index in [4.69, 9.17) is 4.74 Å². The van der Waals surface area contributed by atoms with E-state index in [0.29, 0.717) is 24.5 Å². The predicted octanol–water partition coefficient (Wildman–Crippen LogP) is 0.716. The number of nitrogens with one attached hydrogen (secondary N) is 1. The van der Waals surface area contributed by atoms with Crippen LogP contribution in [0, 0.1) is 0 Å². The molecule has 1 fully saturated rings. The monoisotopic (exact) mass is 277 g/mol. The van der Waals surface area contributed by atoms with Gasteiger partial charge < -0.3 is 15.0 Å². The molecule has 6 nitrogen and oxygen atoms in total. The molecule has 1 N–H and O–H groups in total. The minimum atomic E-state index is -0.490. The smallest absolute Gasteiger partial charge is 0.245 e. The third-order valence-electron chi connectivity index (χ3n) is 3.40. The van der Waals surface area contributed by atoms with Crippen molar-refractivity contribution in [1.82, 2.24) is 15.2 Å². The molecule has 0 bridgehead atoms. The molecule has 1 aromatic heterocycles. The lowest BCUT2D eigenvalue weighted by Crippen LogP contribution is -2.61. The number of pyridine rings is 1. The lowest BCUT2D eigenvalue weighted by molar-refractivity contribution is -0.149. The van der Waals surface area contributed by atoms with Gasteiger partial charge in [-0.3, -0.25) is 9.59 Å². The van der Waals surface area contributed by atoms with Gasteiger partial charge >= 0.3 is 0 Å². The summed E-state index contributed by atoms with van der Waals surface area (Å²) in [5.41, 5.74) is 0.707. The zero-order valence-corrected chi connectivity index (χ0v) is 11.9. The average molecular weight is 277 g/mol. The third-order valence-corrected chi connectivity index (χ3v) is 3.40. The third kappa shape index (κ3) is 2.74. The quantitative estimate of drug-likeness (QED) is 0.880. The number of aromatic nitrogens is 1. The lowest BCUT2D eigenvalue weighted by atomic mass is 10.1. The number of piperazine rings is 1. The molecule has 2 amide bonds. The Balaban J connectivity index is 2.23. The van der Waals surface area contributed by atoms with Crippen molar-refractivity contribution >= 4 is 11.8 Å². The first-order chi connectivity index (χ1) is 9.56. The van der Waals surface area contributed by atoms with E-state index in [2.05, 4.69) is 10.3 Å². The number of hydrogen-bond acceptors (Lipinski definition) is 4. The maximum Gasteiger partial charge on any atom is 0.245 e. The van der Waals surface area contributed by atoms with Crippen LogP contribution in [0.3, 0.4) is 0 Å². The highest BCUT2D eigenvalue weighted by Gasteiger charge is 2.37. The van der Waals surface area contributed by atoms with Crippen LogP contribution < -0.4 is 10.1 Å². The number of rotatable bonds is 4. The molecule has 1 aliphatic rings. The van der Waals surface area contributed by atoms with Crippen molar-refractivity contribution in [3.8, 4) is 5.88 Å². The Morgan fingerprint density at radius 1 is 1.40 bits per heavy atom. The number of ether oxygens (including phenoxy) is 1. The van der Waals surface area contributed by atoms with Gasteiger partial charge in [0.1, 0.15) is 12.1 Å². The Morgan fingerprint density at radius 2 is 2.15 bits per heavy atom. The van der Waals surface area contributed by atoms with E-state index in [1.807, 2.05) is 19.1 Å². The fourth-order valence-electron chi connectivity index (χ4n) is 2.34.